The molecule has 0 radical (unpaired) electrons. The zero-order valence-electron chi connectivity index (χ0n) is 21.2. The maximum absolute atomic E-state index is 11.9. The lowest BCUT2D eigenvalue weighted by Crippen LogP contribution is -2.24. The average molecular weight is 443 g/mol. The number of aryl methyl sites for hydroxylation is 1. The Hall–Kier alpha value is -1.79. The van der Waals surface area contributed by atoms with Crippen LogP contribution in [0, 0.1) is 17.8 Å². The lowest BCUT2D eigenvalue weighted by atomic mass is 9.96. The SMILES string of the molecule is CCCCCCCCCCC#CC(C)C(O)Cc1ccc(CCC(=O)OC(C)(C)C)cc1. The molecule has 0 amide bonds. The summed E-state index contributed by atoms with van der Waals surface area (Å²) in [6, 6.07) is 8.14. The van der Waals surface area contributed by atoms with Gasteiger partial charge in [0.1, 0.15) is 5.60 Å². The number of carbonyl (C=O) groups is 1. The van der Waals surface area contributed by atoms with Crippen LogP contribution < -0.4 is 0 Å². The van der Waals surface area contributed by atoms with Gasteiger partial charge in [0, 0.05) is 18.8 Å². The number of unbranched alkanes of at least 4 members (excludes halogenated alkanes) is 8. The Kier molecular flexibility index (Phi) is 14.1. The lowest BCUT2D eigenvalue weighted by Gasteiger charge is -2.19. The van der Waals surface area contributed by atoms with Gasteiger partial charge in [0.15, 0.2) is 0 Å². The number of benzene rings is 1. The highest BCUT2D eigenvalue weighted by Crippen LogP contribution is 2.15. The fourth-order valence-electron chi connectivity index (χ4n) is 3.58. The van der Waals surface area contributed by atoms with Gasteiger partial charge in [0.2, 0.25) is 0 Å². The molecule has 2 unspecified atom stereocenters. The lowest BCUT2D eigenvalue weighted by molar-refractivity contribution is -0.154. The quantitative estimate of drug-likeness (QED) is 0.191. The number of aliphatic hydroxyl groups is 1. The molecule has 0 fully saturated rings. The highest BCUT2D eigenvalue weighted by atomic mass is 16.6. The van der Waals surface area contributed by atoms with Gasteiger partial charge in [-0.2, -0.15) is 0 Å². The molecule has 0 saturated carbocycles. The van der Waals surface area contributed by atoms with Crippen LogP contribution in [-0.4, -0.2) is 22.8 Å². The third-order valence-electron chi connectivity index (χ3n) is 5.57. The Morgan fingerprint density at radius 1 is 0.969 bits per heavy atom. The molecular weight excluding hydrogens is 396 g/mol. The number of carbonyl (C=O) groups excluding carboxylic acids is 1. The number of hydrogen-bond donors (Lipinski definition) is 1. The van der Waals surface area contributed by atoms with Gasteiger partial charge in [0.05, 0.1) is 6.10 Å². The van der Waals surface area contributed by atoms with Gasteiger partial charge in [-0.05, 0) is 58.1 Å². The van der Waals surface area contributed by atoms with Crippen LogP contribution in [0.2, 0.25) is 0 Å². The second kappa shape index (κ2) is 15.9. The molecule has 0 heterocycles. The summed E-state index contributed by atoms with van der Waals surface area (Å²) in [6.07, 6.45) is 12.6. The van der Waals surface area contributed by atoms with Crippen molar-refractivity contribution in [1.82, 2.24) is 0 Å². The fraction of sp³-hybridized carbons (Fsp3) is 0.690. The topological polar surface area (TPSA) is 46.5 Å². The van der Waals surface area contributed by atoms with E-state index < -0.39 is 11.7 Å². The summed E-state index contributed by atoms with van der Waals surface area (Å²) in [4.78, 5) is 11.9. The van der Waals surface area contributed by atoms with E-state index in [4.69, 9.17) is 4.74 Å². The second-order valence-corrected chi connectivity index (χ2v) is 10.0. The van der Waals surface area contributed by atoms with Crippen molar-refractivity contribution in [3.8, 4) is 11.8 Å². The summed E-state index contributed by atoms with van der Waals surface area (Å²) >= 11 is 0. The maximum Gasteiger partial charge on any atom is 0.306 e. The zero-order chi connectivity index (χ0) is 23.8. The van der Waals surface area contributed by atoms with Crippen LogP contribution in [0.5, 0.6) is 0 Å². The summed E-state index contributed by atoms with van der Waals surface area (Å²) in [5.41, 5.74) is 1.76. The Labute approximate surface area is 197 Å². The highest BCUT2D eigenvalue weighted by Gasteiger charge is 2.16. The first-order valence-electron chi connectivity index (χ1n) is 12.7. The standard InChI is InChI=1S/C29H46O3/c1-6-7-8-9-10-11-12-13-14-15-16-24(2)27(30)23-26-19-17-25(18-20-26)21-22-28(31)32-29(3,4)5/h17-20,24,27,30H,6-14,21-23H2,1-5H3. The Morgan fingerprint density at radius 3 is 2.12 bits per heavy atom. The van der Waals surface area contributed by atoms with Crippen molar-refractivity contribution in [1.29, 1.82) is 0 Å². The minimum Gasteiger partial charge on any atom is -0.460 e. The fourth-order valence-corrected chi connectivity index (χ4v) is 3.58. The smallest absolute Gasteiger partial charge is 0.306 e. The maximum atomic E-state index is 11.9. The van der Waals surface area contributed by atoms with Gasteiger partial charge in [0.25, 0.3) is 0 Å². The van der Waals surface area contributed by atoms with E-state index in [1.54, 1.807) is 0 Å². The first kappa shape index (κ1) is 28.2. The average Bonchev–Trinajstić information content (AvgIpc) is 2.73. The number of aliphatic hydroxyl groups excluding tert-OH is 1. The molecule has 1 rings (SSSR count). The molecule has 1 aromatic carbocycles. The van der Waals surface area contributed by atoms with Crippen molar-refractivity contribution >= 4 is 5.97 Å². The van der Waals surface area contributed by atoms with Crippen molar-refractivity contribution in [2.75, 3.05) is 0 Å². The van der Waals surface area contributed by atoms with Gasteiger partial charge < -0.3 is 9.84 Å². The molecule has 0 aliphatic heterocycles. The minimum absolute atomic E-state index is 0.0316. The monoisotopic (exact) mass is 442 g/mol. The van der Waals surface area contributed by atoms with Crippen molar-refractivity contribution in [2.24, 2.45) is 5.92 Å². The molecule has 3 nitrogen and oxygen atoms in total. The van der Waals surface area contributed by atoms with Crippen LogP contribution in [0.15, 0.2) is 24.3 Å². The predicted octanol–water partition coefficient (Wildman–Crippen LogP) is 7.03. The summed E-state index contributed by atoms with van der Waals surface area (Å²) in [5.74, 6) is 6.29. The normalized spacial score (nSPS) is 13.2. The van der Waals surface area contributed by atoms with E-state index >= 15 is 0 Å². The van der Waals surface area contributed by atoms with E-state index in [0.29, 0.717) is 19.3 Å². The van der Waals surface area contributed by atoms with Crippen LogP contribution >= 0.6 is 0 Å². The number of esters is 1. The molecule has 0 spiro atoms. The van der Waals surface area contributed by atoms with E-state index in [-0.39, 0.29) is 11.9 Å². The second-order valence-electron chi connectivity index (χ2n) is 10.0. The summed E-state index contributed by atoms with van der Waals surface area (Å²) in [7, 11) is 0. The van der Waals surface area contributed by atoms with Crippen LogP contribution in [0.4, 0.5) is 0 Å². The van der Waals surface area contributed by atoms with Gasteiger partial charge in [-0.3, -0.25) is 4.79 Å². The van der Waals surface area contributed by atoms with Gasteiger partial charge in [-0.25, -0.2) is 0 Å². The van der Waals surface area contributed by atoms with Crippen molar-refractivity contribution in [2.45, 2.75) is 123 Å². The molecule has 2 atom stereocenters. The third-order valence-corrected chi connectivity index (χ3v) is 5.57. The molecule has 1 aromatic rings. The molecule has 1 N–H and O–H groups in total. The first-order valence-corrected chi connectivity index (χ1v) is 12.7. The molecule has 3 heteroatoms. The predicted molar refractivity (Wildman–Crippen MR) is 134 cm³/mol. The Morgan fingerprint density at radius 2 is 1.53 bits per heavy atom. The number of ether oxygens (including phenoxy) is 1. The van der Waals surface area contributed by atoms with Gasteiger partial charge >= 0.3 is 5.97 Å². The largest absolute Gasteiger partial charge is 0.460 e. The van der Waals surface area contributed by atoms with Crippen LogP contribution in [0.25, 0.3) is 0 Å². The molecule has 0 aliphatic carbocycles. The molecule has 0 saturated heterocycles. The number of rotatable bonds is 14. The minimum atomic E-state index is -0.464. The van der Waals surface area contributed by atoms with E-state index in [1.165, 1.54) is 44.9 Å². The van der Waals surface area contributed by atoms with E-state index in [0.717, 1.165) is 24.0 Å². The molecule has 0 aromatic heterocycles. The van der Waals surface area contributed by atoms with E-state index in [2.05, 4.69) is 18.8 Å². The van der Waals surface area contributed by atoms with E-state index in [9.17, 15) is 9.90 Å². The molecule has 0 aliphatic rings. The van der Waals surface area contributed by atoms with Crippen LogP contribution in [0.1, 0.15) is 110 Å². The first-order chi connectivity index (χ1) is 15.2. The number of hydrogen-bond acceptors (Lipinski definition) is 3. The molecule has 180 valence electrons. The summed E-state index contributed by atoms with van der Waals surface area (Å²) in [5, 5.41) is 10.5. The van der Waals surface area contributed by atoms with Crippen molar-refractivity contribution in [3.63, 3.8) is 0 Å². The van der Waals surface area contributed by atoms with Crippen molar-refractivity contribution in [3.05, 3.63) is 35.4 Å². The van der Waals surface area contributed by atoms with Crippen molar-refractivity contribution < 1.29 is 14.6 Å². The zero-order valence-corrected chi connectivity index (χ0v) is 21.2. The molecule has 32 heavy (non-hydrogen) atoms. The summed E-state index contributed by atoms with van der Waals surface area (Å²) in [6.45, 7) is 9.90. The molecule has 0 bridgehead atoms. The third kappa shape index (κ3) is 14.3. The van der Waals surface area contributed by atoms with Crippen LogP contribution in [0.3, 0.4) is 0 Å². The van der Waals surface area contributed by atoms with Gasteiger partial charge in [-0.15, -0.1) is 5.92 Å². The Balaban J connectivity index is 2.27. The van der Waals surface area contributed by atoms with Gasteiger partial charge in [-0.1, -0.05) is 82.1 Å². The summed E-state index contributed by atoms with van der Waals surface area (Å²) < 4.78 is 5.35. The van der Waals surface area contributed by atoms with E-state index in [1.807, 2.05) is 52.0 Å². The highest BCUT2D eigenvalue weighted by molar-refractivity contribution is 5.70. The molecular formula is C29H46O3. The Bertz CT molecular complexity index is 688. The van der Waals surface area contributed by atoms with Crippen LogP contribution in [-0.2, 0) is 22.4 Å².